The lowest BCUT2D eigenvalue weighted by Gasteiger charge is -2.41. The Bertz CT molecular complexity index is 572. The van der Waals surface area contributed by atoms with Gasteiger partial charge in [-0.25, -0.2) is 8.78 Å². The quantitative estimate of drug-likeness (QED) is 0.640. The molecule has 3 nitrogen and oxygen atoms in total. The second-order valence-corrected chi connectivity index (χ2v) is 6.57. The highest BCUT2D eigenvalue weighted by atomic mass is 19.1. The third kappa shape index (κ3) is 3.12. The van der Waals surface area contributed by atoms with Crippen LogP contribution in [0.4, 0.5) is 8.78 Å². The van der Waals surface area contributed by atoms with E-state index in [1.165, 1.54) is 6.07 Å². The van der Waals surface area contributed by atoms with Crippen molar-refractivity contribution in [2.45, 2.75) is 50.8 Å². The van der Waals surface area contributed by atoms with Crippen molar-refractivity contribution in [3.63, 3.8) is 0 Å². The standard InChI is InChI=1S/C16H20F2N2O/c1-15(2,3)10-4-5-13(17)12(6-10)16(18)7-11(8-16)21-14(20)9-19/h4-6,9,11,19-20H,7-8H2,1-3H3. The summed E-state index contributed by atoms with van der Waals surface area (Å²) < 4.78 is 33.9. The zero-order valence-electron chi connectivity index (χ0n) is 12.5. The van der Waals surface area contributed by atoms with Gasteiger partial charge in [-0.15, -0.1) is 0 Å². The van der Waals surface area contributed by atoms with E-state index in [9.17, 15) is 8.78 Å². The first-order valence-corrected chi connectivity index (χ1v) is 6.91. The highest BCUT2D eigenvalue weighted by molar-refractivity contribution is 6.23. The van der Waals surface area contributed by atoms with Crippen molar-refractivity contribution < 1.29 is 13.5 Å². The van der Waals surface area contributed by atoms with Gasteiger partial charge in [0.2, 0.25) is 5.90 Å². The average Bonchev–Trinajstić information content (AvgIpc) is 2.35. The average molecular weight is 294 g/mol. The zero-order valence-corrected chi connectivity index (χ0v) is 12.5. The summed E-state index contributed by atoms with van der Waals surface area (Å²) in [6, 6.07) is 4.58. The van der Waals surface area contributed by atoms with Crippen LogP contribution in [0, 0.1) is 16.6 Å². The topological polar surface area (TPSA) is 56.9 Å². The summed E-state index contributed by atoms with van der Waals surface area (Å²) in [6.45, 7) is 5.98. The molecule has 0 aliphatic heterocycles. The molecular formula is C16H20F2N2O. The lowest BCUT2D eigenvalue weighted by molar-refractivity contribution is -0.0541. The van der Waals surface area contributed by atoms with E-state index < -0.39 is 17.6 Å². The van der Waals surface area contributed by atoms with Gasteiger partial charge in [0.15, 0.2) is 0 Å². The van der Waals surface area contributed by atoms with Gasteiger partial charge in [-0.05, 0) is 23.1 Å². The molecule has 0 spiro atoms. The van der Waals surface area contributed by atoms with E-state index in [4.69, 9.17) is 15.6 Å². The Morgan fingerprint density at radius 1 is 1.38 bits per heavy atom. The predicted octanol–water partition coefficient (Wildman–Crippen LogP) is 4.09. The van der Waals surface area contributed by atoms with Crippen LogP contribution in [0.5, 0.6) is 0 Å². The van der Waals surface area contributed by atoms with Crippen molar-refractivity contribution in [2.75, 3.05) is 0 Å². The molecule has 0 aromatic heterocycles. The fraction of sp³-hybridized carbons (Fsp3) is 0.500. The summed E-state index contributed by atoms with van der Waals surface area (Å²) in [5.41, 5.74) is -0.984. The number of hydrogen-bond donors (Lipinski definition) is 2. The molecule has 1 aromatic rings. The Morgan fingerprint density at radius 2 is 2.00 bits per heavy atom. The summed E-state index contributed by atoms with van der Waals surface area (Å²) >= 11 is 0. The molecule has 0 amide bonds. The maximum atomic E-state index is 14.8. The van der Waals surface area contributed by atoms with Gasteiger partial charge in [0, 0.05) is 18.4 Å². The fourth-order valence-corrected chi connectivity index (χ4v) is 2.51. The van der Waals surface area contributed by atoms with Crippen LogP contribution in [0.3, 0.4) is 0 Å². The van der Waals surface area contributed by atoms with Gasteiger partial charge in [-0.2, -0.15) is 0 Å². The molecule has 5 heteroatoms. The number of alkyl halides is 1. The number of rotatable bonds is 3. The number of ether oxygens (including phenoxy) is 1. The molecule has 2 N–H and O–H groups in total. The summed E-state index contributed by atoms with van der Waals surface area (Å²) in [7, 11) is 0. The van der Waals surface area contributed by atoms with Crippen LogP contribution in [0.1, 0.15) is 44.7 Å². The summed E-state index contributed by atoms with van der Waals surface area (Å²) in [6.07, 6.45) is 0.308. The molecule has 0 heterocycles. The summed E-state index contributed by atoms with van der Waals surface area (Å²) in [5, 5.41) is 14.1. The molecule has 1 aromatic carbocycles. The monoisotopic (exact) mass is 294 g/mol. The SMILES string of the molecule is CC(C)(C)c1ccc(F)c(C2(F)CC(OC(=N)C=N)C2)c1. The van der Waals surface area contributed by atoms with Crippen molar-refractivity contribution in [3.8, 4) is 0 Å². The first-order chi connectivity index (χ1) is 9.65. The van der Waals surface area contributed by atoms with Gasteiger partial charge < -0.3 is 10.1 Å². The molecule has 0 atom stereocenters. The minimum Gasteiger partial charge on any atom is -0.473 e. The van der Waals surface area contributed by atoms with Crippen LogP contribution in [0.15, 0.2) is 18.2 Å². The maximum Gasteiger partial charge on any atom is 0.224 e. The van der Waals surface area contributed by atoms with Crippen molar-refractivity contribution in [2.24, 2.45) is 0 Å². The van der Waals surface area contributed by atoms with E-state index in [1.54, 1.807) is 12.1 Å². The Labute approximate surface area is 123 Å². The number of halogens is 2. The molecule has 1 fully saturated rings. The van der Waals surface area contributed by atoms with Crippen molar-refractivity contribution >= 4 is 12.1 Å². The first-order valence-electron chi connectivity index (χ1n) is 6.91. The van der Waals surface area contributed by atoms with Crippen molar-refractivity contribution in [3.05, 3.63) is 35.1 Å². The lowest BCUT2D eigenvalue weighted by atomic mass is 9.72. The maximum absolute atomic E-state index is 14.8. The molecule has 0 radical (unpaired) electrons. The Hall–Kier alpha value is -1.78. The first kappa shape index (κ1) is 15.6. The van der Waals surface area contributed by atoms with Crippen LogP contribution in [-0.4, -0.2) is 18.2 Å². The Balaban J connectivity index is 2.19. The molecule has 2 rings (SSSR count). The minimum absolute atomic E-state index is 0.00767. The molecule has 1 saturated carbocycles. The van der Waals surface area contributed by atoms with Gasteiger partial charge in [-0.3, -0.25) is 5.41 Å². The molecule has 0 unspecified atom stereocenters. The van der Waals surface area contributed by atoms with E-state index in [2.05, 4.69) is 0 Å². The molecule has 0 bridgehead atoms. The van der Waals surface area contributed by atoms with Gasteiger partial charge in [0.1, 0.15) is 17.6 Å². The Morgan fingerprint density at radius 3 is 2.52 bits per heavy atom. The van der Waals surface area contributed by atoms with E-state index in [0.717, 1.165) is 11.8 Å². The van der Waals surface area contributed by atoms with Crippen LogP contribution < -0.4 is 0 Å². The second kappa shape index (κ2) is 5.20. The number of nitrogens with one attached hydrogen (secondary N) is 2. The van der Waals surface area contributed by atoms with Crippen LogP contribution in [-0.2, 0) is 15.8 Å². The summed E-state index contributed by atoms with van der Waals surface area (Å²) in [4.78, 5) is 0. The smallest absolute Gasteiger partial charge is 0.224 e. The minimum atomic E-state index is -1.75. The van der Waals surface area contributed by atoms with Gasteiger partial charge in [0.05, 0.1) is 6.21 Å². The highest BCUT2D eigenvalue weighted by Crippen LogP contribution is 2.48. The van der Waals surface area contributed by atoms with Gasteiger partial charge in [0.25, 0.3) is 0 Å². The molecule has 114 valence electrons. The van der Waals surface area contributed by atoms with Crippen LogP contribution in [0.25, 0.3) is 0 Å². The number of hydrogen-bond acceptors (Lipinski definition) is 3. The molecule has 0 saturated heterocycles. The Kier molecular flexibility index (Phi) is 3.87. The third-order valence-electron chi connectivity index (χ3n) is 3.84. The van der Waals surface area contributed by atoms with Gasteiger partial charge in [-0.1, -0.05) is 26.8 Å². The summed E-state index contributed by atoms with van der Waals surface area (Å²) in [5.74, 6) is -0.850. The van der Waals surface area contributed by atoms with E-state index in [0.29, 0.717) is 0 Å². The van der Waals surface area contributed by atoms with E-state index in [-0.39, 0.29) is 29.7 Å². The normalized spacial score (nSPS) is 25.1. The predicted molar refractivity (Wildman–Crippen MR) is 78.5 cm³/mol. The van der Waals surface area contributed by atoms with Gasteiger partial charge >= 0.3 is 0 Å². The van der Waals surface area contributed by atoms with E-state index in [1.807, 2.05) is 20.8 Å². The number of benzene rings is 1. The van der Waals surface area contributed by atoms with E-state index >= 15 is 0 Å². The third-order valence-corrected chi connectivity index (χ3v) is 3.84. The lowest BCUT2D eigenvalue weighted by Crippen LogP contribution is -2.44. The van der Waals surface area contributed by atoms with Crippen molar-refractivity contribution in [1.29, 1.82) is 10.8 Å². The molecule has 1 aliphatic carbocycles. The highest BCUT2D eigenvalue weighted by Gasteiger charge is 2.49. The van der Waals surface area contributed by atoms with Crippen LogP contribution >= 0.6 is 0 Å². The second-order valence-electron chi connectivity index (χ2n) is 6.57. The van der Waals surface area contributed by atoms with Crippen molar-refractivity contribution in [1.82, 2.24) is 0 Å². The molecule has 21 heavy (non-hydrogen) atoms. The molecular weight excluding hydrogens is 274 g/mol. The molecule has 1 aliphatic rings. The largest absolute Gasteiger partial charge is 0.473 e. The van der Waals surface area contributed by atoms with Crippen LogP contribution in [0.2, 0.25) is 0 Å². The zero-order chi connectivity index (χ0) is 15.8. The fourth-order valence-electron chi connectivity index (χ4n) is 2.51.